The minimum absolute atomic E-state index is 0.326. The molecule has 1 N–H and O–H groups in total. The van der Waals surface area contributed by atoms with Crippen LogP contribution in [0.3, 0.4) is 0 Å². The van der Waals surface area contributed by atoms with Crippen molar-refractivity contribution in [3.8, 4) is 17.0 Å². The highest BCUT2D eigenvalue weighted by Gasteiger charge is 2.31. The Morgan fingerprint density at radius 3 is 2.37 bits per heavy atom. The molecule has 4 aromatic rings. The van der Waals surface area contributed by atoms with Gasteiger partial charge in [0.2, 0.25) is 0 Å². The summed E-state index contributed by atoms with van der Waals surface area (Å²) in [6, 6.07) is 10.8. The molecule has 0 saturated carbocycles. The van der Waals surface area contributed by atoms with Crippen LogP contribution in [0, 0.1) is 12.7 Å². The molecule has 1 amide bonds. The Labute approximate surface area is 171 Å². The van der Waals surface area contributed by atoms with Gasteiger partial charge in [-0.15, -0.1) is 13.2 Å². The Hall–Kier alpha value is -3.40. The van der Waals surface area contributed by atoms with E-state index in [0.29, 0.717) is 26.9 Å². The van der Waals surface area contributed by atoms with Gasteiger partial charge in [0.15, 0.2) is 4.96 Å². The Balaban J connectivity index is 1.53. The van der Waals surface area contributed by atoms with Crippen LogP contribution in [0.4, 0.5) is 23.2 Å². The zero-order valence-corrected chi connectivity index (χ0v) is 16.1. The van der Waals surface area contributed by atoms with Crippen LogP contribution in [0.25, 0.3) is 16.2 Å². The van der Waals surface area contributed by atoms with E-state index < -0.39 is 12.3 Å². The van der Waals surface area contributed by atoms with E-state index >= 15 is 0 Å². The number of rotatable bonds is 4. The summed E-state index contributed by atoms with van der Waals surface area (Å²) in [5.74, 6) is -1.12. The minimum Gasteiger partial charge on any atom is -0.406 e. The lowest BCUT2D eigenvalue weighted by Crippen LogP contribution is -2.17. The van der Waals surface area contributed by atoms with E-state index in [2.05, 4.69) is 15.0 Å². The zero-order chi connectivity index (χ0) is 21.5. The highest BCUT2D eigenvalue weighted by atomic mass is 32.1. The third-order valence-electron chi connectivity index (χ3n) is 4.25. The molecule has 0 spiro atoms. The van der Waals surface area contributed by atoms with Crippen molar-refractivity contribution in [3.05, 3.63) is 71.1 Å². The summed E-state index contributed by atoms with van der Waals surface area (Å²) >= 11 is 1.17. The molecule has 0 atom stereocenters. The number of amides is 1. The van der Waals surface area contributed by atoms with Gasteiger partial charge in [0.05, 0.1) is 5.69 Å². The smallest absolute Gasteiger partial charge is 0.406 e. The van der Waals surface area contributed by atoms with Gasteiger partial charge in [0.1, 0.15) is 16.4 Å². The van der Waals surface area contributed by atoms with Gasteiger partial charge in [0, 0.05) is 23.1 Å². The number of alkyl halides is 3. The number of nitrogens with zero attached hydrogens (tertiary/aromatic N) is 2. The second-order valence-electron chi connectivity index (χ2n) is 6.33. The Morgan fingerprint density at radius 2 is 1.77 bits per heavy atom. The maximum atomic E-state index is 13.1. The van der Waals surface area contributed by atoms with Crippen LogP contribution in [0.2, 0.25) is 0 Å². The number of aromatic nitrogens is 2. The number of imidazole rings is 1. The first-order valence-electron chi connectivity index (χ1n) is 8.61. The third kappa shape index (κ3) is 4.13. The number of carbonyl (C=O) groups excluding carboxylic acids is 1. The monoisotopic (exact) mass is 435 g/mol. The van der Waals surface area contributed by atoms with Crippen LogP contribution in [-0.2, 0) is 0 Å². The summed E-state index contributed by atoms with van der Waals surface area (Å²) in [6.45, 7) is 1.76. The largest absolute Gasteiger partial charge is 0.573 e. The Morgan fingerprint density at radius 1 is 1.10 bits per heavy atom. The zero-order valence-electron chi connectivity index (χ0n) is 15.3. The minimum atomic E-state index is -4.78. The number of ether oxygens (including phenoxy) is 1. The number of anilines is 1. The lowest BCUT2D eigenvalue weighted by atomic mass is 10.2. The molecule has 2 aromatic heterocycles. The van der Waals surface area contributed by atoms with Crippen LogP contribution in [0.5, 0.6) is 5.75 Å². The number of carbonyl (C=O) groups is 1. The van der Waals surface area contributed by atoms with Gasteiger partial charge in [0.25, 0.3) is 5.91 Å². The van der Waals surface area contributed by atoms with Crippen molar-refractivity contribution < 1.29 is 27.1 Å². The molecule has 0 aliphatic heterocycles. The van der Waals surface area contributed by atoms with Crippen molar-refractivity contribution in [3.63, 3.8) is 0 Å². The van der Waals surface area contributed by atoms with Gasteiger partial charge < -0.3 is 10.1 Å². The summed E-state index contributed by atoms with van der Waals surface area (Å²) in [5, 5.41) is 2.64. The SMILES string of the molecule is Cc1c(C(=O)Nc2ccc(OC(F)(F)F)cc2)sc2nc(-c3ccc(F)cc3)cn12. The first-order valence-corrected chi connectivity index (χ1v) is 9.43. The molecular formula is C20H13F4N3O2S. The predicted molar refractivity (Wildman–Crippen MR) is 104 cm³/mol. The molecule has 0 aliphatic rings. The predicted octanol–water partition coefficient (Wildman–Crippen LogP) is 5.66. The number of hydrogen-bond acceptors (Lipinski definition) is 4. The molecule has 2 heterocycles. The lowest BCUT2D eigenvalue weighted by Gasteiger charge is -2.09. The van der Waals surface area contributed by atoms with E-state index in [1.807, 2.05) is 0 Å². The molecule has 4 rings (SSSR count). The molecule has 0 bridgehead atoms. The van der Waals surface area contributed by atoms with Crippen LogP contribution < -0.4 is 10.1 Å². The molecule has 0 saturated heterocycles. The number of benzene rings is 2. The van der Waals surface area contributed by atoms with Gasteiger partial charge in [-0.25, -0.2) is 9.37 Å². The van der Waals surface area contributed by atoms with Gasteiger partial charge in [-0.1, -0.05) is 11.3 Å². The van der Waals surface area contributed by atoms with Crippen molar-refractivity contribution in [2.24, 2.45) is 0 Å². The van der Waals surface area contributed by atoms with E-state index in [1.54, 1.807) is 29.7 Å². The average Bonchev–Trinajstić information content (AvgIpc) is 3.22. The van der Waals surface area contributed by atoms with Crippen molar-refractivity contribution in [1.29, 1.82) is 0 Å². The van der Waals surface area contributed by atoms with Crippen LogP contribution in [0.1, 0.15) is 15.4 Å². The summed E-state index contributed by atoms with van der Waals surface area (Å²) in [5.41, 5.74) is 2.38. The first-order chi connectivity index (χ1) is 14.2. The van der Waals surface area contributed by atoms with E-state index in [9.17, 15) is 22.4 Å². The van der Waals surface area contributed by atoms with E-state index in [4.69, 9.17) is 0 Å². The summed E-state index contributed by atoms with van der Waals surface area (Å²) < 4.78 is 55.4. The number of aryl methyl sites for hydroxylation is 1. The van der Waals surface area contributed by atoms with Crippen LogP contribution >= 0.6 is 11.3 Å². The fraction of sp³-hybridized carbons (Fsp3) is 0.100. The van der Waals surface area contributed by atoms with E-state index in [1.165, 1.54) is 35.6 Å². The van der Waals surface area contributed by atoms with Gasteiger partial charge in [-0.3, -0.25) is 9.20 Å². The molecule has 2 aromatic carbocycles. The highest BCUT2D eigenvalue weighted by molar-refractivity contribution is 7.19. The summed E-state index contributed by atoms with van der Waals surface area (Å²) in [4.78, 5) is 18.1. The molecule has 0 fully saturated rings. The molecule has 0 unspecified atom stereocenters. The highest BCUT2D eigenvalue weighted by Crippen LogP contribution is 2.29. The van der Waals surface area contributed by atoms with Crippen molar-refractivity contribution in [1.82, 2.24) is 9.38 Å². The molecule has 30 heavy (non-hydrogen) atoms. The molecule has 0 aliphatic carbocycles. The standard InChI is InChI=1S/C20H13F4N3O2S/c1-11-17(18(28)25-14-6-8-15(9-7-14)29-20(22,23)24)30-19-26-16(10-27(11)19)12-2-4-13(21)5-3-12/h2-10H,1H3,(H,25,28). The van der Waals surface area contributed by atoms with Crippen molar-refractivity contribution in [2.75, 3.05) is 5.32 Å². The second kappa shape index (κ2) is 7.45. The van der Waals surface area contributed by atoms with Crippen molar-refractivity contribution >= 4 is 27.9 Å². The van der Waals surface area contributed by atoms with Gasteiger partial charge >= 0.3 is 6.36 Å². The third-order valence-corrected chi connectivity index (χ3v) is 5.40. The molecule has 0 radical (unpaired) electrons. The summed E-state index contributed by atoms with van der Waals surface area (Å²) in [6.07, 6.45) is -3.02. The Kier molecular flexibility index (Phi) is 4.94. The maximum absolute atomic E-state index is 13.1. The van der Waals surface area contributed by atoms with Gasteiger partial charge in [-0.2, -0.15) is 0 Å². The van der Waals surface area contributed by atoms with E-state index in [-0.39, 0.29) is 11.6 Å². The van der Waals surface area contributed by atoms with Crippen LogP contribution in [-0.4, -0.2) is 21.7 Å². The molecule has 5 nitrogen and oxygen atoms in total. The number of nitrogens with one attached hydrogen (secondary N) is 1. The number of fused-ring (bicyclic) bond motifs is 1. The molecular weight excluding hydrogens is 422 g/mol. The van der Waals surface area contributed by atoms with Crippen molar-refractivity contribution in [2.45, 2.75) is 13.3 Å². The average molecular weight is 435 g/mol. The van der Waals surface area contributed by atoms with Crippen LogP contribution in [0.15, 0.2) is 54.7 Å². The molecule has 154 valence electrons. The fourth-order valence-electron chi connectivity index (χ4n) is 2.85. The Bertz CT molecular complexity index is 1210. The fourth-order valence-corrected chi connectivity index (χ4v) is 3.85. The first kappa shape index (κ1) is 19.9. The number of halogens is 4. The normalized spacial score (nSPS) is 11.6. The number of hydrogen-bond donors (Lipinski definition) is 1. The second-order valence-corrected chi connectivity index (χ2v) is 7.31. The van der Waals surface area contributed by atoms with E-state index in [0.717, 1.165) is 17.7 Å². The maximum Gasteiger partial charge on any atom is 0.573 e. The quantitative estimate of drug-likeness (QED) is 0.421. The topological polar surface area (TPSA) is 55.6 Å². The van der Waals surface area contributed by atoms with Gasteiger partial charge in [-0.05, 0) is 55.5 Å². The lowest BCUT2D eigenvalue weighted by molar-refractivity contribution is -0.274. The molecule has 10 heteroatoms. The summed E-state index contributed by atoms with van der Waals surface area (Å²) in [7, 11) is 0. The number of thiazole rings is 1.